The summed E-state index contributed by atoms with van der Waals surface area (Å²) in [5.41, 5.74) is 3.55. The van der Waals surface area contributed by atoms with Gasteiger partial charge in [-0.05, 0) is 44.0 Å². The van der Waals surface area contributed by atoms with Gasteiger partial charge in [-0.3, -0.25) is 0 Å². The van der Waals surface area contributed by atoms with E-state index in [9.17, 15) is 0 Å². The first-order valence-corrected chi connectivity index (χ1v) is 9.09. The minimum atomic E-state index is 0.816. The maximum absolute atomic E-state index is 5.97. The normalized spacial score (nSPS) is 13.6. The monoisotopic (exact) mass is 340 g/mol. The van der Waals surface area contributed by atoms with E-state index in [1.807, 2.05) is 24.3 Å². The third-order valence-electron chi connectivity index (χ3n) is 4.38. The van der Waals surface area contributed by atoms with E-state index in [0.717, 1.165) is 35.2 Å². The molecular weight excluding hydrogens is 320 g/mol. The highest BCUT2D eigenvalue weighted by atomic mass is 32.1. The van der Waals surface area contributed by atoms with Crippen LogP contribution in [0.2, 0.25) is 0 Å². The van der Waals surface area contributed by atoms with Gasteiger partial charge in [-0.1, -0.05) is 0 Å². The van der Waals surface area contributed by atoms with Crippen molar-refractivity contribution in [1.29, 1.82) is 0 Å². The highest BCUT2D eigenvalue weighted by Gasteiger charge is 2.19. The Labute approximate surface area is 145 Å². The van der Waals surface area contributed by atoms with E-state index >= 15 is 0 Å². The predicted octanol–water partition coefficient (Wildman–Crippen LogP) is 5.06. The molecule has 5 heteroatoms. The minimum absolute atomic E-state index is 0.816. The minimum Gasteiger partial charge on any atom is -0.497 e. The number of aryl methyl sites for hydroxylation is 2. The number of ether oxygens (including phenoxy) is 2. The van der Waals surface area contributed by atoms with Crippen molar-refractivity contribution in [2.24, 2.45) is 0 Å². The van der Waals surface area contributed by atoms with Gasteiger partial charge >= 0.3 is 0 Å². The Morgan fingerprint density at radius 1 is 1.12 bits per heavy atom. The molecule has 0 fully saturated rings. The number of rotatable bonds is 4. The molecule has 3 aromatic rings. The summed E-state index contributed by atoms with van der Waals surface area (Å²) in [4.78, 5) is 4.75. The second-order valence-electron chi connectivity index (χ2n) is 6.00. The van der Waals surface area contributed by atoms with Crippen LogP contribution < -0.4 is 9.47 Å². The number of imidazole rings is 1. The zero-order valence-electron chi connectivity index (χ0n) is 13.9. The first-order valence-electron chi connectivity index (χ1n) is 8.21. The summed E-state index contributed by atoms with van der Waals surface area (Å²) < 4.78 is 13.5. The molecule has 124 valence electrons. The number of methoxy groups -OCH3 is 1. The van der Waals surface area contributed by atoms with Gasteiger partial charge in [-0.25, -0.2) is 4.98 Å². The molecule has 0 aliphatic carbocycles. The lowest BCUT2D eigenvalue weighted by molar-refractivity contribution is 0.413. The van der Waals surface area contributed by atoms with Gasteiger partial charge in [0, 0.05) is 30.0 Å². The molecular formula is C19H20N2O2S. The molecule has 4 rings (SSSR count). The van der Waals surface area contributed by atoms with Crippen LogP contribution in [-0.2, 0) is 13.0 Å². The summed E-state index contributed by atoms with van der Waals surface area (Å²) in [5.74, 6) is 2.87. The molecule has 1 aliphatic heterocycles. The van der Waals surface area contributed by atoms with E-state index in [2.05, 4.69) is 22.9 Å². The number of hydrogen-bond acceptors (Lipinski definition) is 4. The topological polar surface area (TPSA) is 36.3 Å². The third kappa shape index (κ3) is 2.80. The maximum atomic E-state index is 5.97. The SMILES string of the molecule is COc1ccc(Oc2cc(-c3c(C)nc4n3CCCC4)cs2)cc1. The molecule has 24 heavy (non-hydrogen) atoms. The van der Waals surface area contributed by atoms with Crippen LogP contribution in [0.3, 0.4) is 0 Å². The van der Waals surface area contributed by atoms with Crippen LogP contribution in [0.1, 0.15) is 24.4 Å². The predicted molar refractivity (Wildman–Crippen MR) is 96.3 cm³/mol. The van der Waals surface area contributed by atoms with Gasteiger partial charge in [-0.15, -0.1) is 11.3 Å². The number of aromatic nitrogens is 2. The second kappa shape index (κ2) is 6.32. The number of benzene rings is 1. The summed E-state index contributed by atoms with van der Waals surface area (Å²) in [6, 6.07) is 9.76. The fraction of sp³-hybridized carbons (Fsp3) is 0.316. The van der Waals surface area contributed by atoms with Gasteiger partial charge in [0.1, 0.15) is 17.3 Å². The van der Waals surface area contributed by atoms with Crippen molar-refractivity contribution >= 4 is 11.3 Å². The molecule has 3 heterocycles. The Morgan fingerprint density at radius 2 is 1.92 bits per heavy atom. The van der Waals surface area contributed by atoms with Gasteiger partial charge in [0.2, 0.25) is 0 Å². The molecule has 0 atom stereocenters. The summed E-state index contributed by atoms with van der Waals surface area (Å²) in [5, 5.41) is 3.05. The molecule has 0 saturated carbocycles. The maximum Gasteiger partial charge on any atom is 0.181 e. The standard InChI is InChI=1S/C19H20N2O2S/c1-13-19(21-10-4-3-5-17(21)20-13)14-11-18(24-12-14)23-16-8-6-15(22-2)7-9-16/h6-9,11-12H,3-5,10H2,1-2H3. The van der Waals surface area contributed by atoms with Gasteiger partial charge < -0.3 is 14.0 Å². The summed E-state index contributed by atoms with van der Waals surface area (Å²) in [7, 11) is 1.66. The van der Waals surface area contributed by atoms with Gasteiger partial charge in [0.05, 0.1) is 18.5 Å². The van der Waals surface area contributed by atoms with Crippen LogP contribution in [0.15, 0.2) is 35.7 Å². The van der Waals surface area contributed by atoms with E-state index in [1.165, 1.54) is 29.9 Å². The van der Waals surface area contributed by atoms with Gasteiger partial charge in [0.25, 0.3) is 0 Å². The van der Waals surface area contributed by atoms with Crippen molar-refractivity contribution in [3.8, 4) is 27.8 Å². The zero-order valence-corrected chi connectivity index (χ0v) is 14.7. The quantitative estimate of drug-likeness (QED) is 0.666. The van der Waals surface area contributed by atoms with Crippen molar-refractivity contribution in [1.82, 2.24) is 9.55 Å². The molecule has 4 nitrogen and oxygen atoms in total. The number of nitrogens with zero attached hydrogens (tertiary/aromatic N) is 2. The summed E-state index contributed by atoms with van der Waals surface area (Å²) in [6.07, 6.45) is 3.56. The highest BCUT2D eigenvalue weighted by molar-refractivity contribution is 7.12. The summed E-state index contributed by atoms with van der Waals surface area (Å²) >= 11 is 1.62. The number of hydrogen-bond donors (Lipinski definition) is 0. The Kier molecular flexibility index (Phi) is 4.02. The lowest BCUT2D eigenvalue weighted by atomic mass is 10.1. The smallest absolute Gasteiger partial charge is 0.181 e. The van der Waals surface area contributed by atoms with Gasteiger partial charge in [-0.2, -0.15) is 0 Å². The van der Waals surface area contributed by atoms with E-state index < -0.39 is 0 Å². The highest BCUT2D eigenvalue weighted by Crippen LogP contribution is 2.36. The van der Waals surface area contributed by atoms with Crippen molar-refractivity contribution < 1.29 is 9.47 Å². The molecule has 0 bridgehead atoms. The lowest BCUT2D eigenvalue weighted by Crippen LogP contribution is -2.11. The molecule has 1 aliphatic rings. The summed E-state index contributed by atoms with van der Waals surface area (Å²) in [6.45, 7) is 3.17. The Balaban J connectivity index is 1.60. The third-order valence-corrected chi connectivity index (χ3v) is 5.19. The second-order valence-corrected chi connectivity index (χ2v) is 6.88. The molecule has 0 amide bonds. The van der Waals surface area contributed by atoms with Gasteiger partial charge in [0.15, 0.2) is 5.06 Å². The Bertz CT molecular complexity index is 849. The zero-order chi connectivity index (χ0) is 16.5. The van der Waals surface area contributed by atoms with Crippen LogP contribution in [0.4, 0.5) is 0 Å². The van der Waals surface area contributed by atoms with Crippen LogP contribution in [0.25, 0.3) is 11.3 Å². The van der Waals surface area contributed by atoms with E-state index in [1.54, 1.807) is 18.4 Å². The van der Waals surface area contributed by atoms with Crippen molar-refractivity contribution in [2.75, 3.05) is 7.11 Å². The van der Waals surface area contributed by atoms with Crippen LogP contribution in [0, 0.1) is 6.92 Å². The molecule has 2 aromatic heterocycles. The number of fused-ring (bicyclic) bond motifs is 1. The average molecular weight is 340 g/mol. The Hall–Kier alpha value is -2.27. The molecule has 0 radical (unpaired) electrons. The molecule has 0 saturated heterocycles. The van der Waals surface area contributed by atoms with Crippen LogP contribution in [-0.4, -0.2) is 16.7 Å². The first kappa shape index (κ1) is 15.3. The molecule has 0 N–H and O–H groups in total. The lowest BCUT2D eigenvalue weighted by Gasteiger charge is -2.15. The molecule has 1 aromatic carbocycles. The van der Waals surface area contributed by atoms with E-state index in [4.69, 9.17) is 14.5 Å². The van der Waals surface area contributed by atoms with E-state index in [-0.39, 0.29) is 0 Å². The first-order chi connectivity index (χ1) is 11.7. The largest absolute Gasteiger partial charge is 0.497 e. The molecule has 0 spiro atoms. The van der Waals surface area contributed by atoms with E-state index in [0.29, 0.717) is 0 Å². The molecule has 0 unspecified atom stereocenters. The Morgan fingerprint density at radius 3 is 2.71 bits per heavy atom. The van der Waals surface area contributed by atoms with Crippen LogP contribution >= 0.6 is 11.3 Å². The fourth-order valence-corrected chi connectivity index (χ4v) is 4.00. The number of thiophene rings is 1. The fourth-order valence-electron chi connectivity index (χ4n) is 3.23. The van der Waals surface area contributed by atoms with Crippen molar-refractivity contribution in [3.63, 3.8) is 0 Å². The van der Waals surface area contributed by atoms with Crippen molar-refractivity contribution in [3.05, 3.63) is 47.2 Å². The van der Waals surface area contributed by atoms with Crippen molar-refractivity contribution in [2.45, 2.75) is 32.7 Å². The van der Waals surface area contributed by atoms with Crippen LogP contribution in [0.5, 0.6) is 16.6 Å². The average Bonchev–Trinajstić information content (AvgIpc) is 3.18.